The van der Waals surface area contributed by atoms with Gasteiger partial charge in [0.25, 0.3) is 0 Å². The smallest absolute Gasteiger partial charge is 0.320 e. The number of allylic oxidation sites excluding steroid dienone is 1. The number of aldehydes is 1. The molecule has 1 heterocycles. The van der Waals surface area contributed by atoms with Crippen LogP contribution in [0.3, 0.4) is 0 Å². The molecule has 0 unspecified atom stereocenters. The van der Waals surface area contributed by atoms with Gasteiger partial charge in [-0.2, -0.15) is 0 Å². The van der Waals surface area contributed by atoms with Crippen molar-refractivity contribution in [2.45, 2.75) is 58.7 Å². The maximum atomic E-state index is 13.3. The molecule has 29 heavy (non-hydrogen) atoms. The Balaban J connectivity index is 1.96. The fourth-order valence-electron chi connectivity index (χ4n) is 6.91. The summed E-state index contributed by atoms with van der Waals surface area (Å²) in [5, 5.41) is 11.2. The van der Waals surface area contributed by atoms with Crippen LogP contribution in [-0.4, -0.2) is 47.9 Å². The number of aliphatic hydroxyl groups is 1. The van der Waals surface area contributed by atoms with Gasteiger partial charge in [0.1, 0.15) is 24.4 Å². The number of aliphatic hydroxyl groups excluding tert-OH is 1. The highest BCUT2D eigenvalue weighted by Gasteiger charge is 2.77. The fraction of sp³-hybridized carbons (Fsp3) is 0.727. The van der Waals surface area contributed by atoms with E-state index in [1.165, 1.54) is 6.92 Å². The second kappa shape index (κ2) is 6.24. The lowest BCUT2D eigenvalue weighted by atomic mass is 9.43. The van der Waals surface area contributed by atoms with Crippen LogP contribution < -0.4 is 0 Å². The van der Waals surface area contributed by atoms with Crippen molar-refractivity contribution in [2.75, 3.05) is 6.61 Å². The molecule has 7 atom stereocenters. The van der Waals surface area contributed by atoms with Gasteiger partial charge in [0.2, 0.25) is 0 Å². The van der Waals surface area contributed by atoms with Gasteiger partial charge < -0.3 is 19.4 Å². The van der Waals surface area contributed by atoms with Gasteiger partial charge in [0, 0.05) is 18.8 Å². The lowest BCUT2D eigenvalue weighted by Gasteiger charge is -2.63. The first-order valence-corrected chi connectivity index (χ1v) is 10.2. The van der Waals surface area contributed by atoms with Crippen molar-refractivity contribution in [3.05, 3.63) is 12.2 Å². The summed E-state index contributed by atoms with van der Waals surface area (Å²) >= 11 is 0. The summed E-state index contributed by atoms with van der Waals surface area (Å²) in [6.45, 7) is 8.88. The molecule has 1 saturated heterocycles. The molecular weight excluding hydrogens is 376 g/mol. The Hall–Kier alpha value is -2.02. The highest BCUT2D eigenvalue weighted by molar-refractivity contribution is 6.15. The van der Waals surface area contributed by atoms with Crippen LogP contribution in [-0.2, 0) is 28.7 Å². The quantitative estimate of drug-likeness (QED) is 0.330. The number of rotatable bonds is 3. The molecule has 0 aromatic rings. The molecule has 4 fully saturated rings. The number of ketones is 1. The van der Waals surface area contributed by atoms with Crippen LogP contribution in [0.2, 0.25) is 0 Å². The summed E-state index contributed by atoms with van der Waals surface area (Å²) in [4.78, 5) is 50.7. The normalized spacial score (nSPS) is 45.1. The molecule has 0 aromatic heterocycles. The second-order valence-electron chi connectivity index (χ2n) is 9.94. The first-order chi connectivity index (χ1) is 13.5. The van der Waals surface area contributed by atoms with Gasteiger partial charge >= 0.3 is 11.9 Å². The second-order valence-corrected chi connectivity index (χ2v) is 9.94. The van der Waals surface area contributed by atoms with Gasteiger partial charge in [-0.3, -0.25) is 14.4 Å². The van der Waals surface area contributed by atoms with E-state index in [0.717, 1.165) is 6.29 Å². The van der Waals surface area contributed by atoms with Crippen molar-refractivity contribution in [1.29, 1.82) is 0 Å². The zero-order valence-electron chi connectivity index (χ0n) is 17.1. The third kappa shape index (κ3) is 2.39. The minimum Gasteiger partial charge on any atom is -0.465 e. The molecule has 1 spiro atoms. The number of fused-ring (bicyclic) bond motifs is 3. The molecule has 7 heteroatoms. The number of hydrogen-bond acceptors (Lipinski definition) is 7. The van der Waals surface area contributed by atoms with Gasteiger partial charge in [0.15, 0.2) is 5.78 Å². The van der Waals surface area contributed by atoms with Gasteiger partial charge in [-0.1, -0.05) is 20.4 Å². The summed E-state index contributed by atoms with van der Waals surface area (Å²) in [7, 11) is 0. The predicted molar refractivity (Wildman–Crippen MR) is 100 cm³/mol. The van der Waals surface area contributed by atoms with Crippen LogP contribution in [0, 0.1) is 34.0 Å². The first kappa shape index (κ1) is 20.3. The van der Waals surface area contributed by atoms with Gasteiger partial charge in [0.05, 0.1) is 11.5 Å². The van der Waals surface area contributed by atoms with Crippen molar-refractivity contribution >= 4 is 24.0 Å². The first-order valence-electron chi connectivity index (χ1n) is 10.2. The van der Waals surface area contributed by atoms with Crippen molar-refractivity contribution < 1.29 is 33.8 Å². The molecule has 4 aliphatic rings. The van der Waals surface area contributed by atoms with Crippen molar-refractivity contribution in [2.24, 2.45) is 34.0 Å². The van der Waals surface area contributed by atoms with Crippen molar-refractivity contribution in [3.63, 3.8) is 0 Å². The molecule has 0 amide bonds. The van der Waals surface area contributed by atoms with E-state index in [1.807, 2.05) is 13.8 Å². The molecule has 3 aliphatic carbocycles. The molecule has 2 bridgehead atoms. The monoisotopic (exact) mass is 404 g/mol. The molecule has 7 nitrogen and oxygen atoms in total. The summed E-state index contributed by atoms with van der Waals surface area (Å²) < 4.78 is 11.3. The Morgan fingerprint density at radius 1 is 1.38 bits per heavy atom. The van der Waals surface area contributed by atoms with Crippen LogP contribution in [0.1, 0.15) is 46.5 Å². The number of Topliss-reactive ketones (excluding diaryl/α,β-unsaturated/α-hetero) is 1. The Bertz CT molecular complexity index is 814. The zero-order valence-corrected chi connectivity index (χ0v) is 17.1. The average molecular weight is 404 g/mol. The highest BCUT2D eigenvalue weighted by atomic mass is 16.6. The molecule has 1 aliphatic heterocycles. The van der Waals surface area contributed by atoms with E-state index in [-0.39, 0.29) is 18.9 Å². The third-order valence-electron chi connectivity index (χ3n) is 8.13. The minimum absolute atomic E-state index is 0.180. The third-order valence-corrected chi connectivity index (χ3v) is 8.13. The Morgan fingerprint density at radius 3 is 2.69 bits per heavy atom. The summed E-state index contributed by atoms with van der Waals surface area (Å²) in [6, 6.07) is 0. The van der Waals surface area contributed by atoms with E-state index >= 15 is 0 Å². The van der Waals surface area contributed by atoms with E-state index in [2.05, 4.69) is 6.58 Å². The number of hydrogen-bond donors (Lipinski definition) is 1. The highest BCUT2D eigenvalue weighted by Crippen LogP contribution is 2.68. The topological polar surface area (TPSA) is 107 Å². The van der Waals surface area contributed by atoms with Gasteiger partial charge in [-0.25, -0.2) is 0 Å². The molecule has 158 valence electrons. The zero-order chi connectivity index (χ0) is 21.4. The van der Waals surface area contributed by atoms with Gasteiger partial charge in [-0.15, -0.1) is 0 Å². The molecular formula is C22H28O7. The van der Waals surface area contributed by atoms with Crippen LogP contribution in [0.4, 0.5) is 0 Å². The molecule has 0 radical (unpaired) electrons. The van der Waals surface area contributed by atoms with E-state index < -0.39 is 58.0 Å². The maximum Gasteiger partial charge on any atom is 0.320 e. The van der Waals surface area contributed by atoms with E-state index in [4.69, 9.17) is 9.47 Å². The Kier molecular flexibility index (Phi) is 4.36. The number of esters is 2. The Morgan fingerprint density at radius 2 is 2.07 bits per heavy atom. The fourth-order valence-corrected chi connectivity index (χ4v) is 6.91. The summed E-state index contributed by atoms with van der Waals surface area (Å²) in [5.74, 6) is -3.36. The van der Waals surface area contributed by atoms with Crippen molar-refractivity contribution in [3.8, 4) is 0 Å². The Labute approximate surface area is 169 Å². The largest absolute Gasteiger partial charge is 0.465 e. The predicted octanol–water partition coefficient (Wildman–Crippen LogP) is 1.61. The molecule has 4 rings (SSSR count). The van der Waals surface area contributed by atoms with Crippen LogP contribution in [0.25, 0.3) is 0 Å². The summed E-state index contributed by atoms with van der Waals surface area (Å²) in [6.07, 6.45) is 0.754. The average Bonchev–Trinajstić information content (AvgIpc) is 2.83. The SMILES string of the molecule is C=C1C(=O)[C@]23C[C@H]1C[C@@H](O)[C@H]2[C@@]1(COC(C)=O)[C@H](CCC(C)(C)[C@H]1C=O)OC3=O. The van der Waals surface area contributed by atoms with Crippen LogP contribution in [0.5, 0.6) is 0 Å². The number of carbonyl (C=O) groups excluding carboxylic acids is 4. The molecule has 3 saturated carbocycles. The number of carbonyl (C=O) groups is 4. The minimum atomic E-state index is -1.56. The van der Waals surface area contributed by atoms with E-state index in [9.17, 15) is 24.3 Å². The van der Waals surface area contributed by atoms with Gasteiger partial charge in [-0.05, 0) is 42.6 Å². The lowest BCUT2D eigenvalue weighted by molar-refractivity contribution is -0.261. The lowest BCUT2D eigenvalue weighted by Crippen LogP contribution is -2.72. The summed E-state index contributed by atoms with van der Waals surface area (Å²) in [5.41, 5.74) is -2.86. The molecule has 1 N–H and O–H groups in total. The molecule has 0 aromatic carbocycles. The van der Waals surface area contributed by atoms with Crippen molar-refractivity contribution in [1.82, 2.24) is 0 Å². The standard InChI is InChI=1S/C22H28O7/c1-11-13-7-14(25)17-21(8-13,18(11)26)19(27)29-16-5-6-20(3,4)15(9-23)22(16,17)10-28-12(2)24/h9,13-17,25H,1,5-8,10H2,2-4H3/t13-,14-,15-,16+,17-,21+,22-/m1/s1. The number of ether oxygens (including phenoxy) is 2. The van der Waals surface area contributed by atoms with E-state index in [0.29, 0.717) is 24.8 Å². The maximum absolute atomic E-state index is 13.3. The van der Waals surface area contributed by atoms with Crippen LogP contribution >= 0.6 is 0 Å². The van der Waals surface area contributed by atoms with Crippen LogP contribution in [0.15, 0.2) is 12.2 Å². The van der Waals surface area contributed by atoms with E-state index in [1.54, 1.807) is 0 Å².